The van der Waals surface area contributed by atoms with Gasteiger partial charge in [-0.15, -0.1) is 0 Å². The maximum atomic E-state index is 12.8. The van der Waals surface area contributed by atoms with Gasteiger partial charge in [-0.2, -0.15) is 4.31 Å². The minimum Gasteiger partial charge on any atom is -0.497 e. The number of aliphatic imine (C=N–C) groups is 1. The van der Waals surface area contributed by atoms with Crippen LogP contribution in [0.5, 0.6) is 11.5 Å². The van der Waals surface area contributed by atoms with Crippen molar-refractivity contribution in [1.29, 1.82) is 0 Å². The topological polar surface area (TPSA) is 94.5 Å². The Bertz CT molecular complexity index is 1130. The van der Waals surface area contributed by atoms with E-state index in [9.17, 15) is 13.2 Å². The number of hydrogen-bond donors (Lipinski definition) is 0. The zero-order chi connectivity index (χ0) is 22.6. The standard InChI is InChI=1S/C22H24N2O6S/c1-5-24(6-2)31(26,27)19-9-7-8-16(13-19)21-23-20(22(25)30-21)12-15-10-17(28-3)14-18(11-15)29-4/h7-14H,5-6H2,1-4H3/b20-12-. The zero-order valence-electron chi connectivity index (χ0n) is 17.8. The first-order chi connectivity index (χ1) is 14.8. The molecule has 0 unspecified atom stereocenters. The lowest BCUT2D eigenvalue weighted by Crippen LogP contribution is -2.30. The van der Waals surface area contributed by atoms with E-state index in [2.05, 4.69) is 4.99 Å². The Morgan fingerprint density at radius 3 is 2.26 bits per heavy atom. The van der Waals surface area contributed by atoms with Crippen molar-refractivity contribution in [3.63, 3.8) is 0 Å². The van der Waals surface area contributed by atoms with Crippen molar-refractivity contribution in [2.24, 2.45) is 4.99 Å². The van der Waals surface area contributed by atoms with Crippen LogP contribution in [0.2, 0.25) is 0 Å². The Hall–Kier alpha value is -3.17. The summed E-state index contributed by atoms with van der Waals surface area (Å²) in [6, 6.07) is 11.4. The second kappa shape index (κ2) is 9.32. The minimum absolute atomic E-state index is 0.0442. The van der Waals surface area contributed by atoms with E-state index >= 15 is 0 Å². The second-order valence-electron chi connectivity index (χ2n) is 6.60. The number of sulfonamides is 1. The van der Waals surface area contributed by atoms with Crippen molar-refractivity contribution in [3.8, 4) is 11.5 Å². The monoisotopic (exact) mass is 444 g/mol. The zero-order valence-corrected chi connectivity index (χ0v) is 18.6. The Morgan fingerprint density at radius 1 is 1.03 bits per heavy atom. The van der Waals surface area contributed by atoms with Crippen molar-refractivity contribution in [3.05, 3.63) is 59.3 Å². The summed E-state index contributed by atoms with van der Waals surface area (Å²) in [5.74, 6) is 0.545. The molecule has 1 aliphatic heterocycles. The molecule has 1 aliphatic rings. The van der Waals surface area contributed by atoms with E-state index in [1.165, 1.54) is 30.7 Å². The molecule has 1 heterocycles. The second-order valence-corrected chi connectivity index (χ2v) is 8.54. The van der Waals surface area contributed by atoms with Gasteiger partial charge in [0.1, 0.15) is 11.5 Å². The number of rotatable bonds is 8. The van der Waals surface area contributed by atoms with Crippen LogP contribution in [0.1, 0.15) is 25.0 Å². The van der Waals surface area contributed by atoms with Gasteiger partial charge in [0.25, 0.3) is 0 Å². The van der Waals surface area contributed by atoms with Gasteiger partial charge in [0.05, 0.1) is 19.1 Å². The maximum Gasteiger partial charge on any atom is 0.363 e. The molecule has 0 atom stereocenters. The van der Waals surface area contributed by atoms with Gasteiger partial charge >= 0.3 is 5.97 Å². The molecule has 0 aromatic heterocycles. The molecule has 0 aliphatic carbocycles. The number of carbonyl (C=O) groups excluding carboxylic acids is 1. The van der Waals surface area contributed by atoms with Crippen LogP contribution in [0.3, 0.4) is 0 Å². The molecule has 0 radical (unpaired) electrons. The molecule has 0 saturated heterocycles. The molecule has 31 heavy (non-hydrogen) atoms. The molecule has 9 heteroatoms. The highest BCUT2D eigenvalue weighted by molar-refractivity contribution is 7.89. The third-order valence-corrected chi connectivity index (χ3v) is 6.77. The van der Waals surface area contributed by atoms with E-state index in [0.29, 0.717) is 35.7 Å². The normalized spacial score (nSPS) is 15.2. The Kier molecular flexibility index (Phi) is 6.77. The lowest BCUT2D eigenvalue weighted by Gasteiger charge is -2.18. The largest absolute Gasteiger partial charge is 0.497 e. The van der Waals surface area contributed by atoms with Crippen LogP contribution >= 0.6 is 0 Å². The molecule has 164 valence electrons. The van der Waals surface area contributed by atoms with Gasteiger partial charge < -0.3 is 14.2 Å². The van der Waals surface area contributed by atoms with E-state index in [0.717, 1.165) is 0 Å². The average Bonchev–Trinajstić information content (AvgIpc) is 3.14. The SMILES string of the molecule is CCN(CC)S(=O)(=O)c1cccc(C2=N/C(=C\c3cc(OC)cc(OC)c3)C(=O)O2)c1. The van der Waals surface area contributed by atoms with Crippen molar-refractivity contribution < 1.29 is 27.4 Å². The molecule has 0 spiro atoms. The smallest absolute Gasteiger partial charge is 0.363 e. The average molecular weight is 445 g/mol. The highest BCUT2D eigenvalue weighted by atomic mass is 32.2. The predicted octanol–water partition coefficient (Wildman–Crippen LogP) is 3.08. The van der Waals surface area contributed by atoms with Crippen molar-refractivity contribution in [2.45, 2.75) is 18.7 Å². The number of hydrogen-bond acceptors (Lipinski definition) is 7. The molecule has 8 nitrogen and oxygen atoms in total. The molecule has 0 N–H and O–H groups in total. The Labute approximate surface area is 181 Å². The van der Waals surface area contributed by atoms with E-state index in [4.69, 9.17) is 14.2 Å². The maximum absolute atomic E-state index is 12.8. The van der Waals surface area contributed by atoms with Crippen LogP contribution in [-0.2, 0) is 19.6 Å². The third kappa shape index (κ3) is 4.78. The fourth-order valence-electron chi connectivity index (χ4n) is 3.11. The number of methoxy groups -OCH3 is 2. The first-order valence-electron chi connectivity index (χ1n) is 9.68. The Morgan fingerprint density at radius 2 is 1.68 bits per heavy atom. The summed E-state index contributed by atoms with van der Waals surface area (Å²) in [5.41, 5.74) is 1.13. The molecular formula is C22H24N2O6S. The molecule has 2 aromatic carbocycles. The first kappa shape index (κ1) is 22.5. The lowest BCUT2D eigenvalue weighted by atomic mass is 10.1. The summed E-state index contributed by atoms with van der Waals surface area (Å²) in [6.07, 6.45) is 1.55. The molecule has 0 saturated carbocycles. The van der Waals surface area contributed by atoms with Crippen LogP contribution in [0.15, 0.2) is 58.0 Å². The lowest BCUT2D eigenvalue weighted by molar-refractivity contribution is -0.129. The number of carbonyl (C=O) groups is 1. The van der Waals surface area contributed by atoms with Crippen LogP contribution in [0, 0.1) is 0 Å². The summed E-state index contributed by atoms with van der Waals surface area (Å²) < 4.78 is 42.7. The highest BCUT2D eigenvalue weighted by Crippen LogP contribution is 2.26. The van der Waals surface area contributed by atoms with E-state index in [-0.39, 0.29) is 16.5 Å². The summed E-state index contributed by atoms with van der Waals surface area (Å²) in [6.45, 7) is 4.27. The predicted molar refractivity (Wildman–Crippen MR) is 117 cm³/mol. The molecular weight excluding hydrogens is 420 g/mol. The van der Waals surface area contributed by atoms with Gasteiger partial charge in [-0.3, -0.25) is 0 Å². The van der Waals surface area contributed by atoms with E-state index in [1.807, 2.05) is 0 Å². The third-order valence-electron chi connectivity index (χ3n) is 4.72. The molecule has 0 amide bonds. The number of ether oxygens (including phenoxy) is 3. The molecule has 0 fully saturated rings. The van der Waals surface area contributed by atoms with Gasteiger partial charge in [0.15, 0.2) is 5.70 Å². The fourth-order valence-corrected chi connectivity index (χ4v) is 4.61. The van der Waals surface area contributed by atoms with Crippen molar-refractivity contribution >= 4 is 28.0 Å². The van der Waals surface area contributed by atoms with Crippen LogP contribution in [0.4, 0.5) is 0 Å². The van der Waals surface area contributed by atoms with E-state index < -0.39 is 16.0 Å². The summed E-state index contributed by atoms with van der Waals surface area (Å²) in [7, 11) is -0.583. The highest BCUT2D eigenvalue weighted by Gasteiger charge is 2.27. The van der Waals surface area contributed by atoms with E-state index in [1.54, 1.807) is 50.3 Å². The van der Waals surface area contributed by atoms with Crippen molar-refractivity contribution in [1.82, 2.24) is 4.31 Å². The number of benzene rings is 2. The van der Waals surface area contributed by atoms with Gasteiger partial charge in [0.2, 0.25) is 15.9 Å². The van der Waals surface area contributed by atoms with Crippen LogP contribution < -0.4 is 9.47 Å². The molecule has 2 aromatic rings. The van der Waals surface area contributed by atoms with Crippen molar-refractivity contribution in [2.75, 3.05) is 27.3 Å². The van der Waals surface area contributed by atoms with Gasteiger partial charge in [0, 0.05) is 24.7 Å². The van der Waals surface area contributed by atoms with Gasteiger partial charge in [-0.05, 0) is 42.0 Å². The van der Waals surface area contributed by atoms with Gasteiger partial charge in [-0.25, -0.2) is 18.2 Å². The number of cyclic esters (lactones) is 1. The quantitative estimate of drug-likeness (QED) is 0.459. The van der Waals surface area contributed by atoms with Gasteiger partial charge in [-0.1, -0.05) is 19.9 Å². The Balaban J connectivity index is 1.97. The van der Waals surface area contributed by atoms with Crippen LogP contribution in [-0.4, -0.2) is 51.9 Å². The summed E-state index contributed by atoms with van der Waals surface area (Å²) >= 11 is 0. The molecule has 3 rings (SSSR count). The fraction of sp³-hybridized carbons (Fsp3) is 0.273. The summed E-state index contributed by atoms with van der Waals surface area (Å²) in [4.78, 5) is 16.7. The summed E-state index contributed by atoms with van der Waals surface area (Å²) in [5, 5.41) is 0. The van der Waals surface area contributed by atoms with Crippen LogP contribution in [0.25, 0.3) is 6.08 Å². The number of nitrogens with zero attached hydrogens (tertiary/aromatic N) is 2. The number of esters is 1. The minimum atomic E-state index is -3.65. The first-order valence-corrected chi connectivity index (χ1v) is 11.1. The molecule has 0 bridgehead atoms.